The lowest BCUT2D eigenvalue weighted by Crippen LogP contribution is -2.28. The van der Waals surface area contributed by atoms with E-state index >= 15 is 0 Å². The molecule has 5 rings (SSSR count). The van der Waals surface area contributed by atoms with Gasteiger partial charge >= 0.3 is 0 Å². The molecule has 0 atom stereocenters. The van der Waals surface area contributed by atoms with Gasteiger partial charge in [-0.05, 0) is 59.6 Å². The van der Waals surface area contributed by atoms with Crippen LogP contribution in [-0.2, 0) is 25.3 Å². The third-order valence-corrected chi connectivity index (χ3v) is 7.50. The molecule has 0 N–H and O–H groups in total. The van der Waals surface area contributed by atoms with Crippen LogP contribution in [0.3, 0.4) is 0 Å². The summed E-state index contributed by atoms with van der Waals surface area (Å²) in [7, 11) is 2.27. The first kappa shape index (κ1) is 21.8. The first-order valence-corrected chi connectivity index (χ1v) is 12.7. The molecule has 4 aromatic rings. The number of fused-ring (bicyclic) bond motifs is 3. The highest BCUT2D eigenvalue weighted by Crippen LogP contribution is 2.57. The van der Waals surface area contributed by atoms with Crippen LogP contribution >= 0.6 is 0 Å². The van der Waals surface area contributed by atoms with Crippen molar-refractivity contribution in [1.82, 2.24) is 4.57 Å². The first-order chi connectivity index (χ1) is 16.2. The first-order valence-electron chi connectivity index (χ1n) is 12.7. The molecular formula is C32H35N. The Morgan fingerprint density at radius 2 is 1.27 bits per heavy atom. The summed E-state index contributed by atoms with van der Waals surface area (Å²) in [6, 6.07) is 32.1. The Kier molecular flexibility index (Phi) is 5.98. The van der Waals surface area contributed by atoms with Crippen molar-refractivity contribution in [3.8, 4) is 11.3 Å². The number of benzene rings is 3. The van der Waals surface area contributed by atoms with Crippen molar-refractivity contribution in [2.75, 3.05) is 0 Å². The molecule has 1 aromatic heterocycles. The number of rotatable bonds is 8. The van der Waals surface area contributed by atoms with E-state index < -0.39 is 0 Å². The summed E-state index contributed by atoms with van der Waals surface area (Å²) in [6.45, 7) is 4.56. The van der Waals surface area contributed by atoms with E-state index in [1.165, 1.54) is 70.5 Å². The Labute approximate surface area is 199 Å². The van der Waals surface area contributed by atoms with Gasteiger partial charge in [-0.2, -0.15) is 0 Å². The number of aryl methyl sites for hydroxylation is 2. The quantitative estimate of drug-likeness (QED) is 0.233. The van der Waals surface area contributed by atoms with Crippen LogP contribution in [0.15, 0.2) is 84.9 Å². The van der Waals surface area contributed by atoms with E-state index in [0.717, 1.165) is 12.8 Å². The average molecular weight is 434 g/mol. The van der Waals surface area contributed by atoms with Crippen molar-refractivity contribution in [1.29, 1.82) is 0 Å². The Morgan fingerprint density at radius 1 is 0.667 bits per heavy atom. The minimum Gasteiger partial charge on any atom is -0.347 e. The second-order valence-electron chi connectivity index (χ2n) is 9.53. The van der Waals surface area contributed by atoms with E-state index in [2.05, 4.69) is 110 Å². The van der Waals surface area contributed by atoms with E-state index in [0.29, 0.717) is 0 Å². The molecule has 1 aliphatic carbocycles. The minimum atomic E-state index is -0.280. The van der Waals surface area contributed by atoms with Crippen molar-refractivity contribution in [3.63, 3.8) is 0 Å². The van der Waals surface area contributed by atoms with Crippen molar-refractivity contribution in [2.24, 2.45) is 7.05 Å². The van der Waals surface area contributed by atoms with Gasteiger partial charge in [0.2, 0.25) is 0 Å². The van der Waals surface area contributed by atoms with Gasteiger partial charge in [0.25, 0.3) is 0 Å². The molecule has 168 valence electrons. The molecule has 1 heterocycles. The molecule has 1 aliphatic rings. The van der Waals surface area contributed by atoms with Crippen molar-refractivity contribution in [2.45, 2.75) is 57.8 Å². The van der Waals surface area contributed by atoms with Crippen LogP contribution in [0.1, 0.15) is 73.0 Å². The summed E-state index contributed by atoms with van der Waals surface area (Å²) in [4.78, 5) is 0. The lowest BCUT2D eigenvalue weighted by Gasteiger charge is -2.33. The molecule has 33 heavy (non-hydrogen) atoms. The number of hydrogen-bond donors (Lipinski definition) is 0. The molecule has 3 aromatic carbocycles. The fourth-order valence-electron chi connectivity index (χ4n) is 5.82. The lowest BCUT2D eigenvalue weighted by atomic mass is 9.67. The second kappa shape index (κ2) is 9.06. The molecule has 1 heteroatoms. The Morgan fingerprint density at radius 3 is 1.88 bits per heavy atom. The molecule has 0 fully saturated rings. The highest BCUT2D eigenvalue weighted by atomic mass is 15.0. The zero-order valence-electron chi connectivity index (χ0n) is 20.3. The Hall–Kier alpha value is -3.06. The van der Waals surface area contributed by atoms with E-state index in [1.807, 2.05) is 0 Å². The molecule has 0 unspecified atom stereocenters. The molecule has 1 nitrogen and oxygen atoms in total. The van der Waals surface area contributed by atoms with Gasteiger partial charge in [0.15, 0.2) is 0 Å². The molecule has 0 radical (unpaired) electrons. The summed E-state index contributed by atoms with van der Waals surface area (Å²) >= 11 is 0. The van der Waals surface area contributed by atoms with E-state index in [1.54, 1.807) is 0 Å². The van der Waals surface area contributed by atoms with E-state index in [4.69, 9.17) is 0 Å². The SMILES string of the molecule is CCCCc1ccc2c(c1)C(c1ccccc1)(c1ccccc1)c1cc(CCCC)n(C)c1-2. The van der Waals surface area contributed by atoms with Gasteiger partial charge in [-0.3, -0.25) is 0 Å². The highest BCUT2D eigenvalue weighted by Gasteiger charge is 2.48. The summed E-state index contributed by atoms with van der Waals surface area (Å²) in [6.07, 6.45) is 7.17. The van der Waals surface area contributed by atoms with Crippen molar-refractivity contribution in [3.05, 3.63) is 118 Å². The maximum Gasteiger partial charge on any atom is 0.0729 e. The van der Waals surface area contributed by atoms with Gasteiger partial charge in [0, 0.05) is 18.3 Å². The predicted octanol–water partition coefficient (Wildman–Crippen LogP) is 8.07. The zero-order chi connectivity index (χ0) is 22.8. The smallest absolute Gasteiger partial charge is 0.0729 e. The molecule has 0 spiro atoms. The third-order valence-electron chi connectivity index (χ3n) is 7.50. The topological polar surface area (TPSA) is 4.93 Å². The molecule has 0 saturated carbocycles. The van der Waals surface area contributed by atoms with E-state index in [-0.39, 0.29) is 5.41 Å². The van der Waals surface area contributed by atoms with Crippen LogP contribution < -0.4 is 0 Å². The summed E-state index contributed by atoms with van der Waals surface area (Å²) < 4.78 is 2.48. The second-order valence-corrected chi connectivity index (χ2v) is 9.53. The van der Waals surface area contributed by atoms with Crippen LogP contribution in [0.25, 0.3) is 11.3 Å². The average Bonchev–Trinajstić information content (AvgIpc) is 3.34. The number of nitrogens with zero attached hydrogens (tertiary/aromatic N) is 1. The lowest BCUT2D eigenvalue weighted by molar-refractivity contribution is 0.735. The zero-order valence-corrected chi connectivity index (χ0v) is 20.3. The van der Waals surface area contributed by atoms with Crippen molar-refractivity contribution >= 4 is 0 Å². The van der Waals surface area contributed by atoms with Crippen LogP contribution in [0.5, 0.6) is 0 Å². The van der Waals surface area contributed by atoms with Crippen LogP contribution in [-0.4, -0.2) is 4.57 Å². The Bertz CT molecular complexity index is 1190. The molecule has 0 aliphatic heterocycles. The largest absolute Gasteiger partial charge is 0.347 e. The van der Waals surface area contributed by atoms with Gasteiger partial charge < -0.3 is 4.57 Å². The fourth-order valence-corrected chi connectivity index (χ4v) is 5.82. The van der Waals surface area contributed by atoms with Crippen LogP contribution in [0.2, 0.25) is 0 Å². The predicted molar refractivity (Wildman–Crippen MR) is 140 cm³/mol. The van der Waals surface area contributed by atoms with Crippen molar-refractivity contribution < 1.29 is 0 Å². The highest BCUT2D eigenvalue weighted by molar-refractivity contribution is 5.85. The number of unbranched alkanes of at least 4 members (excludes halogenated alkanes) is 2. The summed E-state index contributed by atoms with van der Waals surface area (Å²) in [5.41, 5.74) is 11.0. The number of hydrogen-bond acceptors (Lipinski definition) is 0. The maximum absolute atomic E-state index is 2.51. The maximum atomic E-state index is 2.51. The van der Waals surface area contributed by atoms with Gasteiger partial charge in [-0.15, -0.1) is 0 Å². The van der Waals surface area contributed by atoms with E-state index in [9.17, 15) is 0 Å². The summed E-state index contributed by atoms with van der Waals surface area (Å²) in [5, 5.41) is 0. The standard InChI is InChI=1S/C32H35N/c1-4-6-14-24-20-21-28-29(22-24)32(25-15-10-8-11-16-25,26-17-12-9-13-18-26)30-23-27(19-7-5-2)33(3)31(28)30/h8-13,15-18,20-23H,4-7,14,19H2,1-3H3. The normalized spacial score (nSPS) is 13.7. The molecular weight excluding hydrogens is 398 g/mol. The van der Waals surface area contributed by atoms with Crippen LogP contribution in [0, 0.1) is 0 Å². The van der Waals surface area contributed by atoms with Crippen LogP contribution in [0.4, 0.5) is 0 Å². The Balaban J connectivity index is 1.85. The molecule has 0 saturated heterocycles. The number of aromatic nitrogens is 1. The third kappa shape index (κ3) is 3.46. The molecule has 0 amide bonds. The van der Waals surface area contributed by atoms with Gasteiger partial charge in [-0.25, -0.2) is 0 Å². The molecule has 0 bridgehead atoms. The van der Waals surface area contributed by atoms with Gasteiger partial charge in [0.05, 0.1) is 11.1 Å². The van der Waals surface area contributed by atoms with Gasteiger partial charge in [-0.1, -0.05) is 106 Å². The minimum absolute atomic E-state index is 0.280. The monoisotopic (exact) mass is 433 g/mol. The van der Waals surface area contributed by atoms with Gasteiger partial charge in [0.1, 0.15) is 0 Å². The summed E-state index contributed by atoms with van der Waals surface area (Å²) in [5.74, 6) is 0. The fraction of sp³-hybridized carbons (Fsp3) is 0.312.